The van der Waals surface area contributed by atoms with E-state index in [0.717, 1.165) is 28.6 Å². The van der Waals surface area contributed by atoms with E-state index in [0.29, 0.717) is 37.5 Å². The second-order valence-corrected chi connectivity index (χ2v) is 11.9. The smallest absolute Gasteiger partial charge is 0.257 e. The first-order chi connectivity index (χ1) is 21.8. The zero-order chi connectivity index (χ0) is 31.1. The van der Waals surface area contributed by atoms with Gasteiger partial charge in [0.1, 0.15) is 23.7 Å². The van der Waals surface area contributed by atoms with Crippen molar-refractivity contribution in [2.75, 3.05) is 33.2 Å². The molecule has 12 heteroatoms. The zero-order valence-corrected chi connectivity index (χ0v) is 25.3. The first-order valence-electron chi connectivity index (χ1n) is 14.8. The summed E-state index contributed by atoms with van der Waals surface area (Å²) >= 11 is 6.23. The quantitative estimate of drug-likeness (QED) is 0.312. The van der Waals surface area contributed by atoms with Crippen LogP contribution in [0.5, 0.6) is 5.75 Å². The molecule has 2 aliphatic heterocycles. The Hall–Kier alpha value is -4.74. The number of halogens is 2. The number of benzene rings is 3. The SMILES string of the molecule is CN1CCNC(=O)[C@@H]2C[C@@H](CN2C(=O)c2cnn(-c3ccc(F)cc3Cl)c2)Oc2cccc(c2)-c2cccc3nn(cc23)CC1. The number of nitrogens with one attached hydrogen (secondary N) is 1. The summed E-state index contributed by atoms with van der Waals surface area (Å²) in [7, 11) is 2.00. The fraction of sp³-hybridized carbons (Fsp3) is 0.273. The Morgan fingerprint density at radius 3 is 2.80 bits per heavy atom. The van der Waals surface area contributed by atoms with Crippen molar-refractivity contribution in [1.82, 2.24) is 34.7 Å². The molecule has 5 aromatic rings. The van der Waals surface area contributed by atoms with Crippen LogP contribution in [0, 0.1) is 5.82 Å². The highest BCUT2D eigenvalue weighted by molar-refractivity contribution is 6.32. The van der Waals surface area contributed by atoms with E-state index < -0.39 is 18.0 Å². The highest BCUT2D eigenvalue weighted by Gasteiger charge is 2.41. The maximum absolute atomic E-state index is 13.8. The maximum Gasteiger partial charge on any atom is 0.257 e. The van der Waals surface area contributed by atoms with E-state index in [2.05, 4.69) is 27.6 Å². The van der Waals surface area contributed by atoms with Crippen molar-refractivity contribution in [3.63, 3.8) is 0 Å². The standard InChI is InChI=1S/C33H31ClFN7O3/c1-39-11-10-36-32(43)31-16-25(19-41(31)33(44)22-17-37-42(18-22)30-9-8-23(35)15-28(30)34)45-24-5-2-4-21(14-24)26-6-3-7-29-27(26)20-40(38-29)13-12-39/h2-9,14-15,17-18,20,25,31H,10-13,16,19H2,1H3,(H,36,43)/t25-,31-/m0/s1. The van der Waals surface area contributed by atoms with E-state index in [9.17, 15) is 14.0 Å². The molecule has 3 aromatic carbocycles. The van der Waals surface area contributed by atoms with E-state index in [1.807, 2.05) is 48.1 Å². The van der Waals surface area contributed by atoms with Gasteiger partial charge in [0, 0.05) is 43.8 Å². The summed E-state index contributed by atoms with van der Waals surface area (Å²) in [5.74, 6) is -0.417. The second-order valence-electron chi connectivity index (χ2n) is 11.5. The summed E-state index contributed by atoms with van der Waals surface area (Å²) in [6.07, 6.45) is 4.95. The molecule has 1 N–H and O–H groups in total. The molecule has 2 atom stereocenters. The van der Waals surface area contributed by atoms with Gasteiger partial charge in [-0.1, -0.05) is 35.9 Å². The molecule has 7 rings (SSSR count). The predicted molar refractivity (Wildman–Crippen MR) is 168 cm³/mol. The second kappa shape index (κ2) is 12.0. The van der Waals surface area contributed by atoms with Gasteiger partial charge < -0.3 is 19.9 Å². The molecule has 230 valence electrons. The van der Waals surface area contributed by atoms with Gasteiger partial charge in [-0.25, -0.2) is 9.07 Å². The van der Waals surface area contributed by atoms with E-state index in [4.69, 9.17) is 21.4 Å². The Bertz CT molecular complexity index is 1910. The molecular weight excluding hydrogens is 597 g/mol. The molecule has 4 heterocycles. The number of aromatic nitrogens is 4. The number of nitrogens with zero attached hydrogens (tertiary/aromatic N) is 6. The van der Waals surface area contributed by atoms with E-state index in [1.54, 1.807) is 4.90 Å². The number of hydrogen-bond acceptors (Lipinski definition) is 6. The number of rotatable bonds is 2. The van der Waals surface area contributed by atoms with Crippen molar-refractivity contribution >= 4 is 34.3 Å². The molecule has 0 radical (unpaired) electrons. The molecular formula is C33H31ClFN7O3. The fourth-order valence-electron chi connectivity index (χ4n) is 6.01. The molecule has 0 spiro atoms. The van der Waals surface area contributed by atoms with Crippen LogP contribution >= 0.6 is 11.6 Å². The van der Waals surface area contributed by atoms with E-state index in [-0.39, 0.29) is 28.9 Å². The van der Waals surface area contributed by atoms with Crippen molar-refractivity contribution in [1.29, 1.82) is 0 Å². The van der Waals surface area contributed by atoms with Gasteiger partial charge in [-0.2, -0.15) is 10.2 Å². The lowest BCUT2D eigenvalue weighted by Gasteiger charge is -2.24. The number of fused-ring (bicyclic) bond motifs is 6. The van der Waals surface area contributed by atoms with Gasteiger partial charge in [0.2, 0.25) is 5.91 Å². The average Bonchev–Trinajstić information content (AvgIpc) is 3.78. The summed E-state index contributed by atoms with van der Waals surface area (Å²) in [6.45, 7) is 2.72. The predicted octanol–water partition coefficient (Wildman–Crippen LogP) is 4.41. The van der Waals surface area contributed by atoms with Gasteiger partial charge in [-0.3, -0.25) is 14.3 Å². The fourth-order valence-corrected chi connectivity index (χ4v) is 6.27. The minimum atomic E-state index is -0.734. The first kappa shape index (κ1) is 29.0. The number of likely N-dealkylation sites (tertiary alicyclic amines) is 1. The lowest BCUT2D eigenvalue weighted by molar-refractivity contribution is -0.124. The first-order valence-corrected chi connectivity index (χ1v) is 15.2. The molecule has 1 fully saturated rings. The van der Waals surface area contributed by atoms with Crippen LogP contribution in [0.2, 0.25) is 5.02 Å². The summed E-state index contributed by atoms with van der Waals surface area (Å²) in [5, 5.41) is 13.3. The number of amides is 2. The number of likely N-dealkylation sites (N-methyl/N-ethyl adjacent to an activating group) is 1. The minimum Gasteiger partial charge on any atom is -0.488 e. The Balaban J connectivity index is 1.19. The van der Waals surface area contributed by atoms with Gasteiger partial charge in [-0.05, 0) is 54.6 Å². The number of carbonyl (C=O) groups excluding carboxylic acids is 2. The maximum atomic E-state index is 13.8. The summed E-state index contributed by atoms with van der Waals surface area (Å²) in [5.41, 5.74) is 3.68. The molecule has 10 nitrogen and oxygen atoms in total. The third kappa shape index (κ3) is 5.88. The number of carbonyl (C=O) groups is 2. The Morgan fingerprint density at radius 2 is 1.93 bits per heavy atom. The van der Waals surface area contributed by atoms with Crippen molar-refractivity contribution in [3.05, 3.63) is 95.7 Å². The number of hydrogen-bond donors (Lipinski definition) is 1. The minimum absolute atomic E-state index is 0.163. The van der Waals surface area contributed by atoms with Crippen LogP contribution in [0.25, 0.3) is 27.7 Å². The Labute approximate surface area is 263 Å². The van der Waals surface area contributed by atoms with Crippen molar-refractivity contribution in [2.45, 2.75) is 25.1 Å². The zero-order valence-electron chi connectivity index (χ0n) is 24.6. The summed E-state index contributed by atoms with van der Waals surface area (Å²) in [6, 6.07) is 17.2. The molecule has 0 unspecified atom stereocenters. The van der Waals surface area contributed by atoms with E-state index >= 15 is 0 Å². The van der Waals surface area contributed by atoms with Crippen LogP contribution in [0.1, 0.15) is 16.8 Å². The van der Waals surface area contributed by atoms with Crippen molar-refractivity contribution in [2.24, 2.45) is 0 Å². The lowest BCUT2D eigenvalue weighted by atomic mass is 10.0. The van der Waals surface area contributed by atoms with Crippen LogP contribution in [0.3, 0.4) is 0 Å². The Kier molecular flexibility index (Phi) is 7.72. The molecule has 0 aliphatic carbocycles. The lowest BCUT2D eigenvalue weighted by Crippen LogP contribution is -2.47. The summed E-state index contributed by atoms with van der Waals surface area (Å²) in [4.78, 5) is 31.1. The van der Waals surface area contributed by atoms with Gasteiger partial charge in [0.25, 0.3) is 5.91 Å². The largest absolute Gasteiger partial charge is 0.488 e. The molecule has 6 bridgehead atoms. The third-order valence-corrected chi connectivity index (χ3v) is 8.66. The Morgan fingerprint density at radius 1 is 1.07 bits per heavy atom. The topological polar surface area (TPSA) is 97.5 Å². The number of ether oxygens (including phenoxy) is 1. The van der Waals surface area contributed by atoms with Crippen molar-refractivity contribution in [3.8, 4) is 22.6 Å². The molecule has 1 saturated heterocycles. The molecule has 2 aliphatic rings. The van der Waals surface area contributed by atoms with Crippen LogP contribution in [-0.2, 0) is 11.3 Å². The molecule has 2 amide bonds. The van der Waals surface area contributed by atoms with Gasteiger partial charge in [0.15, 0.2) is 0 Å². The van der Waals surface area contributed by atoms with Gasteiger partial charge >= 0.3 is 0 Å². The van der Waals surface area contributed by atoms with Crippen LogP contribution in [0.4, 0.5) is 4.39 Å². The molecule has 0 saturated carbocycles. The van der Waals surface area contributed by atoms with Gasteiger partial charge in [0.05, 0.1) is 41.1 Å². The normalized spacial score (nSPS) is 19.3. The van der Waals surface area contributed by atoms with E-state index in [1.165, 1.54) is 35.3 Å². The van der Waals surface area contributed by atoms with Crippen molar-refractivity contribution < 1.29 is 18.7 Å². The monoisotopic (exact) mass is 627 g/mol. The highest BCUT2D eigenvalue weighted by atomic mass is 35.5. The van der Waals surface area contributed by atoms with Crippen LogP contribution in [-0.4, -0.2) is 86.5 Å². The third-order valence-electron chi connectivity index (χ3n) is 8.36. The van der Waals surface area contributed by atoms with Gasteiger partial charge in [-0.15, -0.1) is 0 Å². The van der Waals surface area contributed by atoms with Crippen LogP contribution < -0.4 is 10.1 Å². The highest BCUT2D eigenvalue weighted by Crippen LogP contribution is 2.32. The molecule has 2 aromatic heterocycles. The van der Waals surface area contributed by atoms with Crippen LogP contribution in [0.15, 0.2) is 79.3 Å². The average molecular weight is 628 g/mol. The summed E-state index contributed by atoms with van der Waals surface area (Å²) < 4.78 is 23.4. The molecule has 45 heavy (non-hydrogen) atoms.